The highest BCUT2D eigenvalue weighted by Crippen LogP contribution is 2.36. The van der Waals surface area contributed by atoms with Gasteiger partial charge in [-0.1, -0.05) is 17.7 Å². The first kappa shape index (κ1) is 24.0. The number of aromatic nitrogens is 2. The second-order valence-corrected chi connectivity index (χ2v) is 8.40. The molecular formula is C24H27ClFN5O3. The van der Waals surface area contributed by atoms with E-state index in [1.807, 2.05) is 0 Å². The molecule has 34 heavy (non-hydrogen) atoms. The number of carbonyl (C=O) groups excluding carboxylic acids is 1. The Morgan fingerprint density at radius 1 is 1.15 bits per heavy atom. The average Bonchev–Trinajstić information content (AvgIpc) is 2.88. The van der Waals surface area contributed by atoms with Gasteiger partial charge in [0.05, 0.1) is 29.4 Å². The third-order valence-electron chi connectivity index (χ3n) is 5.62. The number of methoxy groups -OCH3 is 1. The van der Waals surface area contributed by atoms with Crippen molar-refractivity contribution in [2.24, 2.45) is 0 Å². The van der Waals surface area contributed by atoms with E-state index in [2.05, 4.69) is 25.9 Å². The number of fused-ring (bicyclic) bond motifs is 1. The molecule has 4 rings (SSSR count). The Labute approximate surface area is 202 Å². The predicted molar refractivity (Wildman–Crippen MR) is 130 cm³/mol. The van der Waals surface area contributed by atoms with Gasteiger partial charge in [0.25, 0.3) is 0 Å². The molecule has 180 valence electrons. The lowest BCUT2D eigenvalue weighted by molar-refractivity contribution is -0.121. The zero-order valence-corrected chi connectivity index (χ0v) is 19.6. The van der Waals surface area contributed by atoms with Gasteiger partial charge in [0, 0.05) is 31.0 Å². The predicted octanol–water partition coefficient (Wildman–Crippen LogP) is 4.20. The maximum absolute atomic E-state index is 14.5. The standard InChI is InChI=1S/C24H27ClFN5O3/c1-33-20-13-19-16(24(30-14-29-19)31-18-6-2-5-17(25)23(18)26)12-21(20)34-15-4-3-9-27-10-11-28-22(32)8-7-15/h2,5-6,12-15,27H,3-4,7-11H2,1H3,(H,28,32)(H,29,30,31)/t15-/m0/s1. The fourth-order valence-electron chi connectivity index (χ4n) is 3.84. The third kappa shape index (κ3) is 5.84. The number of carbonyl (C=O) groups is 1. The van der Waals surface area contributed by atoms with E-state index in [1.165, 1.54) is 12.4 Å². The number of amides is 1. The van der Waals surface area contributed by atoms with Crippen molar-refractivity contribution in [3.05, 3.63) is 47.5 Å². The van der Waals surface area contributed by atoms with Crippen molar-refractivity contribution in [3.63, 3.8) is 0 Å². The van der Waals surface area contributed by atoms with Crippen molar-refractivity contribution in [1.29, 1.82) is 0 Å². The Hall–Kier alpha value is -3.17. The molecule has 1 saturated heterocycles. The Bertz CT molecular complexity index is 1160. The largest absolute Gasteiger partial charge is 0.493 e. The van der Waals surface area contributed by atoms with Crippen molar-refractivity contribution in [1.82, 2.24) is 20.6 Å². The van der Waals surface area contributed by atoms with Gasteiger partial charge < -0.3 is 25.4 Å². The quantitative estimate of drug-likeness (QED) is 0.496. The van der Waals surface area contributed by atoms with Gasteiger partial charge in [-0.2, -0.15) is 0 Å². The molecule has 0 bridgehead atoms. The number of benzene rings is 2. The summed E-state index contributed by atoms with van der Waals surface area (Å²) in [6.45, 7) is 2.21. The highest BCUT2D eigenvalue weighted by atomic mass is 35.5. The Balaban J connectivity index is 1.64. The van der Waals surface area contributed by atoms with Crippen LogP contribution < -0.4 is 25.4 Å². The first-order chi connectivity index (χ1) is 16.5. The fraction of sp³-hybridized carbons (Fsp3) is 0.375. The molecule has 1 aliphatic rings. The van der Waals surface area contributed by atoms with E-state index >= 15 is 0 Å². The summed E-state index contributed by atoms with van der Waals surface area (Å²) < 4.78 is 26.4. The number of hydrogen-bond donors (Lipinski definition) is 3. The smallest absolute Gasteiger partial charge is 0.220 e. The molecule has 0 aliphatic carbocycles. The van der Waals surface area contributed by atoms with Crippen LogP contribution in [-0.4, -0.2) is 48.7 Å². The zero-order valence-electron chi connectivity index (χ0n) is 18.9. The molecule has 0 saturated carbocycles. The van der Waals surface area contributed by atoms with Crippen LogP contribution in [0.1, 0.15) is 25.7 Å². The van der Waals surface area contributed by atoms with Crippen LogP contribution in [0, 0.1) is 5.82 Å². The second-order valence-electron chi connectivity index (χ2n) is 7.99. The summed E-state index contributed by atoms with van der Waals surface area (Å²) in [6, 6.07) is 8.25. The molecule has 0 unspecified atom stereocenters. The number of nitrogens with zero attached hydrogens (tertiary/aromatic N) is 2. The Kier molecular flexibility index (Phi) is 7.97. The van der Waals surface area contributed by atoms with E-state index < -0.39 is 5.82 Å². The summed E-state index contributed by atoms with van der Waals surface area (Å²) in [7, 11) is 1.56. The highest BCUT2D eigenvalue weighted by Gasteiger charge is 2.19. The van der Waals surface area contributed by atoms with Crippen LogP contribution >= 0.6 is 11.6 Å². The minimum absolute atomic E-state index is 0.00575. The number of anilines is 2. The van der Waals surface area contributed by atoms with Crippen LogP contribution in [0.15, 0.2) is 36.7 Å². The van der Waals surface area contributed by atoms with Crippen LogP contribution in [0.4, 0.5) is 15.9 Å². The van der Waals surface area contributed by atoms with Crippen LogP contribution in [0.25, 0.3) is 10.9 Å². The summed E-state index contributed by atoms with van der Waals surface area (Å²) >= 11 is 5.92. The van der Waals surface area contributed by atoms with Gasteiger partial charge in [-0.15, -0.1) is 0 Å². The van der Waals surface area contributed by atoms with E-state index in [9.17, 15) is 9.18 Å². The molecule has 2 aromatic carbocycles. The van der Waals surface area contributed by atoms with Crippen molar-refractivity contribution < 1.29 is 18.7 Å². The fourth-order valence-corrected chi connectivity index (χ4v) is 4.01. The lowest BCUT2D eigenvalue weighted by atomic mass is 10.1. The molecule has 1 aromatic heterocycles. The molecule has 1 atom stereocenters. The van der Waals surface area contributed by atoms with Crippen molar-refractivity contribution in [2.45, 2.75) is 31.8 Å². The van der Waals surface area contributed by atoms with E-state index in [1.54, 1.807) is 31.4 Å². The van der Waals surface area contributed by atoms with E-state index in [-0.39, 0.29) is 22.7 Å². The van der Waals surface area contributed by atoms with Crippen LogP contribution in [0.3, 0.4) is 0 Å². The van der Waals surface area contributed by atoms with Gasteiger partial charge in [-0.05, 0) is 44.0 Å². The summed E-state index contributed by atoms with van der Waals surface area (Å²) in [5.41, 5.74) is 0.808. The minimum Gasteiger partial charge on any atom is -0.493 e. The number of rotatable bonds is 5. The first-order valence-electron chi connectivity index (χ1n) is 11.2. The molecule has 2 heterocycles. The SMILES string of the molecule is COc1cc2ncnc(Nc3cccc(Cl)c3F)c2cc1O[C@H]1CCCNCCNC(=O)CC1. The molecule has 0 spiro atoms. The molecule has 0 radical (unpaired) electrons. The normalized spacial score (nSPS) is 17.5. The van der Waals surface area contributed by atoms with E-state index in [0.717, 1.165) is 25.9 Å². The van der Waals surface area contributed by atoms with Gasteiger partial charge in [-0.3, -0.25) is 4.79 Å². The lowest BCUT2D eigenvalue weighted by Crippen LogP contribution is -2.31. The molecule has 3 N–H and O–H groups in total. The van der Waals surface area contributed by atoms with Gasteiger partial charge in [0.1, 0.15) is 12.1 Å². The first-order valence-corrected chi connectivity index (χ1v) is 11.6. The zero-order chi connectivity index (χ0) is 23.9. The summed E-state index contributed by atoms with van der Waals surface area (Å²) in [6.07, 6.45) is 3.87. The molecule has 1 aliphatic heterocycles. The number of halogens is 2. The molecule has 1 fully saturated rings. The molecule has 8 nitrogen and oxygen atoms in total. The van der Waals surface area contributed by atoms with E-state index in [4.69, 9.17) is 21.1 Å². The van der Waals surface area contributed by atoms with Crippen molar-refractivity contribution in [2.75, 3.05) is 32.1 Å². The molecule has 3 aromatic rings. The number of nitrogens with one attached hydrogen (secondary N) is 3. The lowest BCUT2D eigenvalue weighted by Gasteiger charge is -2.21. The maximum Gasteiger partial charge on any atom is 0.220 e. The maximum atomic E-state index is 14.5. The number of hydrogen-bond acceptors (Lipinski definition) is 7. The second kappa shape index (κ2) is 11.3. The summed E-state index contributed by atoms with van der Waals surface area (Å²) in [5, 5.41) is 9.87. The summed E-state index contributed by atoms with van der Waals surface area (Å²) in [4.78, 5) is 20.7. The van der Waals surface area contributed by atoms with Crippen LogP contribution in [0.2, 0.25) is 5.02 Å². The van der Waals surface area contributed by atoms with Gasteiger partial charge >= 0.3 is 0 Å². The highest BCUT2D eigenvalue weighted by molar-refractivity contribution is 6.31. The minimum atomic E-state index is -0.565. The Morgan fingerprint density at radius 3 is 2.88 bits per heavy atom. The third-order valence-corrected chi connectivity index (χ3v) is 5.91. The van der Waals surface area contributed by atoms with Crippen LogP contribution in [0.5, 0.6) is 11.5 Å². The van der Waals surface area contributed by atoms with Crippen molar-refractivity contribution >= 4 is 39.9 Å². The topological polar surface area (TPSA) is 97.4 Å². The van der Waals surface area contributed by atoms with Crippen molar-refractivity contribution in [3.8, 4) is 11.5 Å². The molecule has 10 heteroatoms. The monoisotopic (exact) mass is 487 g/mol. The van der Waals surface area contributed by atoms with E-state index in [0.29, 0.717) is 47.6 Å². The Morgan fingerprint density at radius 2 is 2.03 bits per heavy atom. The summed E-state index contributed by atoms with van der Waals surface area (Å²) in [5.74, 6) is 0.872. The molecular weight excluding hydrogens is 461 g/mol. The van der Waals surface area contributed by atoms with Gasteiger partial charge in [-0.25, -0.2) is 14.4 Å². The van der Waals surface area contributed by atoms with Gasteiger partial charge in [0.15, 0.2) is 17.3 Å². The average molecular weight is 488 g/mol. The molecule has 1 amide bonds. The van der Waals surface area contributed by atoms with Gasteiger partial charge in [0.2, 0.25) is 5.91 Å². The number of ether oxygens (including phenoxy) is 2. The van der Waals surface area contributed by atoms with Crippen LogP contribution in [-0.2, 0) is 4.79 Å².